The molecule has 5 nitrogen and oxygen atoms in total. The zero-order valence-electron chi connectivity index (χ0n) is 10.9. The van der Waals surface area contributed by atoms with Crippen molar-refractivity contribution in [3.05, 3.63) is 46.3 Å². The van der Waals surface area contributed by atoms with E-state index >= 15 is 0 Å². The van der Waals surface area contributed by atoms with E-state index in [4.69, 9.17) is 28.9 Å². The second-order valence-corrected chi connectivity index (χ2v) is 5.73. The van der Waals surface area contributed by atoms with Crippen LogP contribution in [0.25, 0.3) is 0 Å². The largest absolute Gasteiger partial charge is 0.399 e. The van der Waals surface area contributed by atoms with Crippen molar-refractivity contribution in [1.29, 1.82) is 0 Å². The van der Waals surface area contributed by atoms with Crippen LogP contribution in [0.4, 0.5) is 11.5 Å². The number of carbonyl (C=O) groups excluding carboxylic acids is 1. The normalized spacial score (nSPS) is 15.5. The minimum Gasteiger partial charge on any atom is -0.399 e. The molecule has 0 bridgehead atoms. The van der Waals surface area contributed by atoms with Gasteiger partial charge in [0.1, 0.15) is 11.0 Å². The van der Waals surface area contributed by atoms with E-state index in [0.29, 0.717) is 11.5 Å². The van der Waals surface area contributed by atoms with Gasteiger partial charge in [-0.05, 0) is 42.1 Å². The van der Waals surface area contributed by atoms with Crippen LogP contribution in [0.1, 0.15) is 18.4 Å². The fraction of sp³-hybridized carbons (Fsp3) is 0.214. The van der Waals surface area contributed by atoms with Gasteiger partial charge in [-0.15, -0.1) is 0 Å². The molecule has 0 aliphatic heterocycles. The van der Waals surface area contributed by atoms with Crippen molar-refractivity contribution in [2.45, 2.75) is 18.3 Å². The molecule has 0 unspecified atom stereocenters. The summed E-state index contributed by atoms with van der Waals surface area (Å²) in [5.74, 6) is 0.171. The molecule has 108 valence electrons. The molecule has 7 heteroatoms. The Kier molecular flexibility index (Phi) is 3.47. The summed E-state index contributed by atoms with van der Waals surface area (Å²) < 4.78 is 0. The van der Waals surface area contributed by atoms with Crippen molar-refractivity contribution in [1.82, 2.24) is 9.97 Å². The fourth-order valence-electron chi connectivity index (χ4n) is 2.26. The van der Waals surface area contributed by atoms with Gasteiger partial charge in [0.05, 0.1) is 5.41 Å². The van der Waals surface area contributed by atoms with E-state index in [1.807, 2.05) is 12.1 Å². The maximum Gasteiger partial charge on any atom is 0.236 e. The number of carbonyl (C=O) groups is 1. The van der Waals surface area contributed by atoms with Crippen LogP contribution in [0.3, 0.4) is 0 Å². The van der Waals surface area contributed by atoms with Crippen molar-refractivity contribution < 1.29 is 4.79 Å². The molecular weight excluding hydrogens is 311 g/mol. The fourth-order valence-corrected chi connectivity index (χ4v) is 2.67. The van der Waals surface area contributed by atoms with Crippen LogP contribution in [-0.2, 0) is 10.2 Å². The lowest BCUT2D eigenvalue weighted by Crippen LogP contribution is -2.28. The van der Waals surface area contributed by atoms with Gasteiger partial charge in [0.25, 0.3) is 0 Å². The molecule has 0 radical (unpaired) electrons. The molecule has 1 heterocycles. The van der Waals surface area contributed by atoms with E-state index in [2.05, 4.69) is 15.3 Å². The SMILES string of the molecule is Nc1ccc(C2(C(=O)Nc3cc(Cl)nc(Cl)n3)CC2)cc1. The zero-order chi connectivity index (χ0) is 15.0. The minimum atomic E-state index is -0.516. The summed E-state index contributed by atoms with van der Waals surface area (Å²) in [6.45, 7) is 0. The van der Waals surface area contributed by atoms with Crippen LogP contribution in [0, 0.1) is 0 Å². The van der Waals surface area contributed by atoms with Crippen LogP contribution in [0.2, 0.25) is 10.4 Å². The molecule has 1 aromatic heterocycles. The van der Waals surface area contributed by atoms with Gasteiger partial charge in [0.15, 0.2) is 0 Å². The van der Waals surface area contributed by atoms with Gasteiger partial charge in [-0.3, -0.25) is 4.79 Å². The summed E-state index contributed by atoms with van der Waals surface area (Å²) in [6, 6.07) is 8.80. The molecule has 0 atom stereocenters. The van der Waals surface area contributed by atoms with E-state index < -0.39 is 5.41 Å². The highest BCUT2D eigenvalue weighted by atomic mass is 35.5. The summed E-state index contributed by atoms with van der Waals surface area (Å²) in [7, 11) is 0. The lowest BCUT2D eigenvalue weighted by Gasteiger charge is -2.15. The molecule has 1 fully saturated rings. The highest BCUT2D eigenvalue weighted by molar-refractivity contribution is 6.32. The van der Waals surface area contributed by atoms with Gasteiger partial charge in [-0.25, -0.2) is 9.97 Å². The van der Waals surface area contributed by atoms with E-state index in [-0.39, 0.29) is 16.3 Å². The number of benzene rings is 1. The van der Waals surface area contributed by atoms with Crippen LogP contribution >= 0.6 is 23.2 Å². The minimum absolute atomic E-state index is 0.00451. The smallest absolute Gasteiger partial charge is 0.236 e. The van der Waals surface area contributed by atoms with Gasteiger partial charge in [-0.2, -0.15) is 0 Å². The van der Waals surface area contributed by atoms with E-state index in [1.54, 1.807) is 12.1 Å². The lowest BCUT2D eigenvalue weighted by atomic mass is 9.95. The number of nitrogens with two attached hydrogens (primary N) is 1. The first-order valence-electron chi connectivity index (χ1n) is 6.37. The topological polar surface area (TPSA) is 80.9 Å². The molecule has 0 saturated heterocycles. The van der Waals surface area contributed by atoms with Gasteiger partial charge in [0.2, 0.25) is 11.2 Å². The van der Waals surface area contributed by atoms with E-state index in [1.165, 1.54) is 6.07 Å². The molecule has 1 amide bonds. The Labute approximate surface area is 131 Å². The third kappa shape index (κ3) is 2.80. The monoisotopic (exact) mass is 322 g/mol. The van der Waals surface area contributed by atoms with E-state index in [9.17, 15) is 4.79 Å². The Balaban J connectivity index is 1.83. The van der Waals surface area contributed by atoms with Gasteiger partial charge in [0, 0.05) is 11.8 Å². The maximum atomic E-state index is 12.5. The molecule has 1 aliphatic rings. The number of hydrogen-bond acceptors (Lipinski definition) is 4. The van der Waals surface area contributed by atoms with Gasteiger partial charge >= 0.3 is 0 Å². The second kappa shape index (κ2) is 5.16. The third-order valence-electron chi connectivity index (χ3n) is 3.56. The quantitative estimate of drug-likeness (QED) is 0.517. The van der Waals surface area contributed by atoms with Crippen LogP contribution in [0.5, 0.6) is 0 Å². The highest BCUT2D eigenvalue weighted by Gasteiger charge is 2.51. The Morgan fingerprint density at radius 1 is 1.19 bits per heavy atom. The van der Waals surface area contributed by atoms with E-state index in [0.717, 1.165) is 18.4 Å². The Morgan fingerprint density at radius 3 is 2.43 bits per heavy atom. The molecular formula is C14H12Cl2N4O. The van der Waals surface area contributed by atoms with Crippen molar-refractivity contribution in [2.75, 3.05) is 11.1 Å². The number of rotatable bonds is 3. The maximum absolute atomic E-state index is 12.5. The molecule has 3 N–H and O–H groups in total. The molecule has 2 aromatic rings. The summed E-state index contributed by atoms with van der Waals surface area (Å²) in [4.78, 5) is 20.2. The first kappa shape index (κ1) is 14.1. The lowest BCUT2D eigenvalue weighted by molar-refractivity contribution is -0.118. The average Bonchev–Trinajstić information content (AvgIpc) is 3.19. The van der Waals surface area contributed by atoms with Crippen LogP contribution in [0.15, 0.2) is 30.3 Å². The standard InChI is InChI=1S/C14H12Cl2N4O/c15-10-7-11(20-13(16)18-10)19-12(21)14(5-6-14)8-1-3-9(17)4-2-8/h1-4,7H,5-6,17H2,(H,18,19,20,21). The van der Waals surface area contributed by atoms with Crippen molar-refractivity contribution >= 4 is 40.6 Å². The summed E-state index contributed by atoms with van der Waals surface area (Å²) in [5.41, 5.74) is 6.78. The number of aromatic nitrogens is 2. The molecule has 1 aromatic carbocycles. The van der Waals surface area contributed by atoms with Crippen molar-refractivity contribution in [2.24, 2.45) is 0 Å². The number of amides is 1. The number of halogens is 2. The number of nitrogens with one attached hydrogen (secondary N) is 1. The third-order valence-corrected chi connectivity index (χ3v) is 3.92. The molecule has 1 saturated carbocycles. The van der Waals surface area contributed by atoms with Crippen molar-refractivity contribution in [3.63, 3.8) is 0 Å². The first-order chi connectivity index (χ1) is 9.99. The Bertz CT molecular complexity index is 678. The number of nitrogens with zero attached hydrogens (tertiary/aromatic N) is 2. The average molecular weight is 323 g/mol. The molecule has 3 rings (SSSR count). The summed E-state index contributed by atoms with van der Waals surface area (Å²) >= 11 is 11.5. The number of anilines is 2. The van der Waals surface area contributed by atoms with Gasteiger partial charge in [-0.1, -0.05) is 23.7 Å². The number of nitrogen functional groups attached to an aromatic ring is 1. The van der Waals surface area contributed by atoms with Crippen LogP contribution < -0.4 is 11.1 Å². The molecule has 1 aliphatic carbocycles. The predicted octanol–water partition coefficient (Wildman–Crippen LogP) is 3.04. The molecule has 0 spiro atoms. The summed E-state index contributed by atoms with van der Waals surface area (Å²) in [6.07, 6.45) is 1.57. The van der Waals surface area contributed by atoms with Crippen molar-refractivity contribution in [3.8, 4) is 0 Å². The molecule has 21 heavy (non-hydrogen) atoms. The highest BCUT2D eigenvalue weighted by Crippen LogP contribution is 2.49. The Morgan fingerprint density at radius 2 is 1.86 bits per heavy atom. The second-order valence-electron chi connectivity index (χ2n) is 5.00. The number of hydrogen-bond donors (Lipinski definition) is 2. The predicted molar refractivity (Wildman–Crippen MR) is 82.4 cm³/mol. The van der Waals surface area contributed by atoms with Crippen LogP contribution in [-0.4, -0.2) is 15.9 Å². The first-order valence-corrected chi connectivity index (χ1v) is 7.13. The zero-order valence-corrected chi connectivity index (χ0v) is 12.4. The van der Waals surface area contributed by atoms with Gasteiger partial charge < -0.3 is 11.1 Å². The Hall–Kier alpha value is -1.85. The summed E-state index contributed by atoms with van der Waals surface area (Å²) in [5, 5.41) is 2.93.